The molecule has 2 rings (SSSR count). The zero-order valence-electron chi connectivity index (χ0n) is 19.3. The first-order valence-electron chi connectivity index (χ1n) is 11.0. The molecule has 0 saturated heterocycles. The van der Waals surface area contributed by atoms with Crippen molar-refractivity contribution >= 4 is 17.5 Å². The summed E-state index contributed by atoms with van der Waals surface area (Å²) in [5, 5.41) is 3.04. The Morgan fingerprint density at radius 1 is 1.03 bits per heavy atom. The lowest BCUT2D eigenvalue weighted by atomic mass is 9.74. The molecule has 6 nitrogen and oxygen atoms in total. The van der Waals surface area contributed by atoms with Crippen molar-refractivity contribution in [3.63, 3.8) is 0 Å². The number of nitrogens with zero attached hydrogens (tertiary/aromatic N) is 2. The summed E-state index contributed by atoms with van der Waals surface area (Å²) in [4.78, 5) is 47.4. The lowest BCUT2D eigenvalue weighted by molar-refractivity contribution is -0.137. The number of rotatable bonds is 7. The summed E-state index contributed by atoms with van der Waals surface area (Å²) in [6, 6.07) is -0.609. The van der Waals surface area contributed by atoms with Crippen LogP contribution in [0, 0.1) is 22.7 Å². The maximum absolute atomic E-state index is 13.4. The van der Waals surface area contributed by atoms with Crippen LogP contribution in [0.5, 0.6) is 0 Å². The Morgan fingerprint density at radius 3 is 2.17 bits per heavy atom. The van der Waals surface area contributed by atoms with Crippen molar-refractivity contribution in [3.8, 4) is 0 Å². The predicted molar refractivity (Wildman–Crippen MR) is 117 cm³/mol. The quantitative estimate of drug-likeness (QED) is 0.667. The van der Waals surface area contributed by atoms with Crippen LogP contribution < -0.4 is 5.32 Å². The van der Waals surface area contributed by atoms with Crippen molar-refractivity contribution < 1.29 is 14.4 Å². The van der Waals surface area contributed by atoms with Crippen molar-refractivity contribution in [1.29, 1.82) is 0 Å². The highest BCUT2D eigenvalue weighted by Gasteiger charge is 2.41. The Hall–Kier alpha value is -2.11. The van der Waals surface area contributed by atoms with Crippen LogP contribution in [0.4, 0.5) is 0 Å². The molecule has 0 aliphatic heterocycles. The van der Waals surface area contributed by atoms with E-state index in [0.717, 1.165) is 32.1 Å². The monoisotopic (exact) mass is 415 g/mol. The van der Waals surface area contributed by atoms with Crippen LogP contribution in [0.2, 0.25) is 0 Å². The molecular formula is C24H37N3O3. The largest absolute Gasteiger partial charge is 0.345 e. The number of carbonyl (C=O) groups is 3. The fraction of sp³-hybridized carbons (Fsp3) is 0.708. The minimum absolute atomic E-state index is 0.00555. The van der Waals surface area contributed by atoms with E-state index in [0.29, 0.717) is 0 Å². The van der Waals surface area contributed by atoms with Crippen LogP contribution in [0.1, 0.15) is 90.6 Å². The molecule has 0 bridgehead atoms. The van der Waals surface area contributed by atoms with E-state index in [9.17, 15) is 14.4 Å². The maximum atomic E-state index is 13.4. The molecule has 1 amide bonds. The number of carbonyl (C=O) groups excluding carboxylic acids is 3. The van der Waals surface area contributed by atoms with Crippen molar-refractivity contribution in [2.24, 2.45) is 22.7 Å². The number of hydrogen-bond donors (Lipinski definition) is 1. The predicted octanol–water partition coefficient (Wildman–Crippen LogP) is 4.39. The van der Waals surface area contributed by atoms with E-state index >= 15 is 0 Å². The van der Waals surface area contributed by atoms with Crippen LogP contribution in [0.25, 0.3) is 0 Å². The topological polar surface area (TPSA) is 89.0 Å². The molecule has 1 heterocycles. The molecule has 0 aromatic carbocycles. The molecular weight excluding hydrogens is 378 g/mol. The number of Topliss-reactive ketones (excluding diaryl/α,β-unsaturated/α-hetero) is 2. The van der Waals surface area contributed by atoms with Crippen LogP contribution in [0.3, 0.4) is 0 Å². The van der Waals surface area contributed by atoms with Crippen LogP contribution in [0.15, 0.2) is 18.6 Å². The molecule has 1 aromatic rings. The molecule has 1 aliphatic carbocycles. The zero-order valence-corrected chi connectivity index (χ0v) is 19.3. The molecule has 1 N–H and O–H groups in total. The fourth-order valence-corrected chi connectivity index (χ4v) is 4.12. The summed E-state index contributed by atoms with van der Waals surface area (Å²) in [6.45, 7) is 11.5. The van der Waals surface area contributed by atoms with Gasteiger partial charge in [-0.05, 0) is 24.2 Å². The summed E-state index contributed by atoms with van der Waals surface area (Å²) in [7, 11) is 0. The lowest BCUT2D eigenvalue weighted by Gasteiger charge is -2.37. The Balaban J connectivity index is 2.26. The van der Waals surface area contributed by atoms with E-state index in [1.54, 1.807) is 0 Å². The Labute approximate surface area is 180 Å². The van der Waals surface area contributed by atoms with E-state index in [4.69, 9.17) is 0 Å². The van der Waals surface area contributed by atoms with E-state index in [2.05, 4.69) is 15.3 Å². The van der Waals surface area contributed by atoms with Crippen LogP contribution >= 0.6 is 0 Å². The highest BCUT2D eigenvalue weighted by atomic mass is 16.2. The molecule has 1 aromatic heterocycles. The average Bonchev–Trinajstić information content (AvgIpc) is 2.69. The van der Waals surface area contributed by atoms with Crippen LogP contribution in [-0.2, 0) is 9.59 Å². The molecule has 0 radical (unpaired) electrons. The number of hydrogen-bond acceptors (Lipinski definition) is 5. The molecule has 2 unspecified atom stereocenters. The molecule has 1 fully saturated rings. The second-order valence-electron chi connectivity index (χ2n) is 10.6. The van der Waals surface area contributed by atoms with Crippen LogP contribution in [-0.4, -0.2) is 33.5 Å². The first-order valence-corrected chi connectivity index (χ1v) is 11.0. The van der Waals surface area contributed by atoms with Gasteiger partial charge in [0.1, 0.15) is 5.69 Å². The highest BCUT2D eigenvalue weighted by molar-refractivity contribution is 5.98. The van der Waals surface area contributed by atoms with E-state index in [-0.39, 0.29) is 35.5 Å². The van der Waals surface area contributed by atoms with Crippen molar-refractivity contribution in [3.05, 3.63) is 24.3 Å². The van der Waals surface area contributed by atoms with Crippen molar-refractivity contribution in [2.45, 2.75) is 86.1 Å². The highest BCUT2D eigenvalue weighted by Crippen LogP contribution is 2.34. The molecule has 0 spiro atoms. The summed E-state index contributed by atoms with van der Waals surface area (Å²) in [5.41, 5.74) is -0.711. The smallest absolute Gasteiger partial charge is 0.224 e. The number of nitrogens with one attached hydrogen (secondary N) is 1. The van der Waals surface area contributed by atoms with E-state index in [1.165, 1.54) is 18.6 Å². The van der Waals surface area contributed by atoms with E-state index < -0.39 is 22.8 Å². The normalized spacial score (nSPS) is 17.8. The first kappa shape index (κ1) is 24.2. The maximum Gasteiger partial charge on any atom is 0.224 e. The average molecular weight is 416 g/mol. The van der Waals surface area contributed by atoms with Gasteiger partial charge in [-0.25, -0.2) is 4.98 Å². The third-order valence-electron chi connectivity index (χ3n) is 5.96. The standard InChI is InChI=1S/C24H37N3O3/c1-23(2,3)20(21(29)24(4,5)6)27-22(30)17(16-10-8-7-9-11-16)14-19(28)18-15-25-12-13-26-18/h12-13,15-17,20H,7-11,14H2,1-6H3,(H,27,30). The second kappa shape index (κ2) is 9.80. The number of amides is 1. The van der Waals surface area contributed by atoms with Gasteiger partial charge in [0, 0.05) is 30.1 Å². The number of ketones is 2. The summed E-state index contributed by atoms with van der Waals surface area (Å²) in [5.74, 6) is -0.687. The summed E-state index contributed by atoms with van der Waals surface area (Å²) in [6.07, 6.45) is 9.70. The molecule has 30 heavy (non-hydrogen) atoms. The van der Waals surface area contributed by atoms with Gasteiger partial charge in [0.2, 0.25) is 5.91 Å². The van der Waals surface area contributed by atoms with Gasteiger partial charge >= 0.3 is 0 Å². The minimum atomic E-state index is -0.609. The molecule has 6 heteroatoms. The first-order chi connectivity index (χ1) is 13.9. The van der Waals surface area contributed by atoms with Gasteiger partial charge in [-0.15, -0.1) is 0 Å². The van der Waals surface area contributed by atoms with Gasteiger partial charge in [0.25, 0.3) is 0 Å². The van der Waals surface area contributed by atoms with E-state index in [1.807, 2.05) is 41.5 Å². The summed E-state index contributed by atoms with van der Waals surface area (Å²) >= 11 is 0. The van der Waals surface area contributed by atoms with Gasteiger partial charge in [-0.1, -0.05) is 60.8 Å². The molecule has 2 atom stereocenters. The Bertz CT molecular complexity index is 741. The van der Waals surface area contributed by atoms with Gasteiger partial charge in [0.15, 0.2) is 11.6 Å². The van der Waals surface area contributed by atoms with Gasteiger partial charge < -0.3 is 5.32 Å². The summed E-state index contributed by atoms with van der Waals surface area (Å²) < 4.78 is 0. The third-order valence-corrected chi connectivity index (χ3v) is 5.96. The third kappa shape index (κ3) is 6.44. The Kier molecular flexibility index (Phi) is 7.89. The van der Waals surface area contributed by atoms with Crippen molar-refractivity contribution in [1.82, 2.24) is 15.3 Å². The minimum Gasteiger partial charge on any atom is -0.345 e. The second-order valence-corrected chi connectivity index (χ2v) is 10.6. The lowest BCUT2D eigenvalue weighted by Crippen LogP contribution is -2.54. The Morgan fingerprint density at radius 2 is 1.67 bits per heavy atom. The molecule has 1 saturated carbocycles. The van der Waals surface area contributed by atoms with Gasteiger partial charge in [0.05, 0.1) is 12.2 Å². The SMILES string of the molecule is CC(C)(C)C(=O)C(NC(=O)C(CC(=O)c1cnccn1)C1CCCCC1)C(C)(C)C. The van der Waals surface area contributed by atoms with Gasteiger partial charge in [-0.3, -0.25) is 19.4 Å². The van der Waals surface area contributed by atoms with Crippen molar-refractivity contribution in [2.75, 3.05) is 0 Å². The molecule has 166 valence electrons. The number of aromatic nitrogens is 2. The fourth-order valence-electron chi connectivity index (χ4n) is 4.12. The zero-order chi connectivity index (χ0) is 22.5. The molecule has 1 aliphatic rings. The van der Waals surface area contributed by atoms with Gasteiger partial charge in [-0.2, -0.15) is 0 Å².